The van der Waals surface area contributed by atoms with Gasteiger partial charge in [0.1, 0.15) is 5.75 Å². The van der Waals surface area contributed by atoms with E-state index < -0.39 is 10.0 Å². The number of halogens is 1. The van der Waals surface area contributed by atoms with Crippen LogP contribution < -0.4 is 14.8 Å². The molecule has 0 aromatic heterocycles. The quantitative estimate of drug-likeness (QED) is 0.490. The van der Waals surface area contributed by atoms with Crippen molar-refractivity contribution >= 4 is 38.9 Å². The molecule has 3 rings (SSSR count). The number of ether oxygens (including phenoxy) is 1. The van der Waals surface area contributed by atoms with Crippen LogP contribution in [0.2, 0.25) is 5.02 Å². The van der Waals surface area contributed by atoms with Crippen molar-refractivity contribution < 1.29 is 17.9 Å². The zero-order valence-corrected chi connectivity index (χ0v) is 18.9. The van der Waals surface area contributed by atoms with Crippen LogP contribution in [0.3, 0.4) is 0 Å². The van der Waals surface area contributed by atoms with Gasteiger partial charge in [-0.1, -0.05) is 35.4 Å². The molecule has 0 atom stereocenters. The van der Waals surface area contributed by atoms with Gasteiger partial charge in [0.15, 0.2) is 0 Å². The lowest BCUT2D eigenvalue weighted by atomic mass is 10.2. The average molecular weight is 459 g/mol. The first-order valence-electron chi connectivity index (χ1n) is 9.61. The lowest BCUT2D eigenvalue weighted by Gasteiger charge is -2.13. The minimum Gasteiger partial charge on any atom is -0.491 e. The van der Waals surface area contributed by atoms with Gasteiger partial charge in [0.2, 0.25) is 0 Å². The largest absolute Gasteiger partial charge is 0.491 e. The van der Waals surface area contributed by atoms with E-state index in [0.29, 0.717) is 17.0 Å². The summed E-state index contributed by atoms with van der Waals surface area (Å²) in [5.74, 6) is 0.267. The number of rotatable bonds is 7. The molecule has 0 fully saturated rings. The van der Waals surface area contributed by atoms with Gasteiger partial charge in [-0.2, -0.15) is 0 Å². The zero-order valence-electron chi connectivity index (χ0n) is 17.3. The highest BCUT2D eigenvalue weighted by atomic mass is 35.5. The third kappa shape index (κ3) is 5.99. The highest BCUT2D eigenvalue weighted by molar-refractivity contribution is 7.92. The Hall–Kier alpha value is -3.03. The molecule has 8 heteroatoms. The fraction of sp³-hybridized carbons (Fsp3) is 0.174. The molecule has 3 aromatic rings. The van der Waals surface area contributed by atoms with Gasteiger partial charge in [-0.15, -0.1) is 0 Å². The van der Waals surface area contributed by atoms with Crippen LogP contribution in [-0.2, 0) is 10.0 Å². The van der Waals surface area contributed by atoms with Crippen molar-refractivity contribution in [1.82, 2.24) is 0 Å². The van der Waals surface area contributed by atoms with Crippen molar-refractivity contribution in [2.75, 3.05) is 10.0 Å². The maximum atomic E-state index is 12.6. The van der Waals surface area contributed by atoms with Crippen LogP contribution in [0, 0.1) is 6.92 Å². The van der Waals surface area contributed by atoms with Gasteiger partial charge in [0.05, 0.1) is 21.7 Å². The Morgan fingerprint density at radius 3 is 2.35 bits per heavy atom. The molecule has 0 heterocycles. The number of anilines is 2. The highest BCUT2D eigenvalue weighted by Gasteiger charge is 2.17. The number of sulfonamides is 1. The second-order valence-corrected chi connectivity index (χ2v) is 9.35. The standard InChI is InChI=1S/C23H23ClN2O4S/c1-15(2)30-19-6-4-5-18(14-19)25-23(27)17-9-12-22(21(24)13-17)26-31(28,29)20-10-7-16(3)8-11-20/h4-15,26H,1-3H3,(H,25,27). The Morgan fingerprint density at radius 2 is 1.71 bits per heavy atom. The van der Waals surface area contributed by atoms with E-state index in [1.54, 1.807) is 30.3 Å². The molecular weight excluding hydrogens is 436 g/mol. The second-order valence-electron chi connectivity index (χ2n) is 7.26. The van der Waals surface area contributed by atoms with Gasteiger partial charge in [-0.3, -0.25) is 9.52 Å². The fourth-order valence-corrected chi connectivity index (χ4v) is 4.15. The number of benzene rings is 3. The lowest BCUT2D eigenvalue weighted by Crippen LogP contribution is -2.15. The molecular formula is C23H23ClN2O4S. The summed E-state index contributed by atoms with van der Waals surface area (Å²) in [5, 5.41) is 2.89. The molecule has 1 amide bonds. The monoisotopic (exact) mass is 458 g/mol. The number of hydrogen-bond donors (Lipinski definition) is 2. The Kier molecular flexibility index (Phi) is 6.87. The maximum Gasteiger partial charge on any atom is 0.261 e. The van der Waals surface area contributed by atoms with E-state index in [1.807, 2.05) is 26.8 Å². The minimum atomic E-state index is -3.80. The van der Waals surface area contributed by atoms with E-state index in [0.717, 1.165) is 5.56 Å². The molecule has 6 nitrogen and oxygen atoms in total. The summed E-state index contributed by atoms with van der Waals surface area (Å²) in [5.41, 5.74) is 2.00. The summed E-state index contributed by atoms with van der Waals surface area (Å²) in [6, 6.07) is 17.9. The summed E-state index contributed by atoms with van der Waals surface area (Å²) >= 11 is 6.25. The van der Waals surface area contributed by atoms with E-state index >= 15 is 0 Å². The molecule has 162 valence electrons. The smallest absolute Gasteiger partial charge is 0.261 e. The number of hydrogen-bond acceptors (Lipinski definition) is 4. The van der Waals surface area contributed by atoms with E-state index in [1.165, 1.54) is 30.3 Å². The molecule has 0 aliphatic rings. The zero-order chi connectivity index (χ0) is 22.6. The predicted molar refractivity (Wildman–Crippen MR) is 124 cm³/mol. The molecule has 2 N–H and O–H groups in total. The first kappa shape index (κ1) is 22.7. The van der Waals surface area contributed by atoms with Crippen LogP contribution >= 0.6 is 11.6 Å². The first-order valence-corrected chi connectivity index (χ1v) is 11.5. The molecule has 0 aliphatic carbocycles. The molecule has 0 spiro atoms. The number of amides is 1. The van der Waals surface area contributed by atoms with E-state index in [-0.39, 0.29) is 27.6 Å². The summed E-state index contributed by atoms with van der Waals surface area (Å²) in [4.78, 5) is 12.7. The first-order chi connectivity index (χ1) is 14.6. The SMILES string of the molecule is Cc1ccc(S(=O)(=O)Nc2ccc(C(=O)Nc3cccc(OC(C)C)c3)cc2Cl)cc1. The molecule has 0 saturated heterocycles. The van der Waals surface area contributed by atoms with Crippen LogP contribution in [0.1, 0.15) is 29.8 Å². The van der Waals surface area contributed by atoms with Gasteiger partial charge in [0.25, 0.3) is 15.9 Å². The lowest BCUT2D eigenvalue weighted by molar-refractivity contribution is 0.102. The Balaban J connectivity index is 1.74. The van der Waals surface area contributed by atoms with Crippen LogP contribution in [0.25, 0.3) is 0 Å². The summed E-state index contributed by atoms with van der Waals surface area (Å²) in [7, 11) is -3.80. The number of nitrogens with one attached hydrogen (secondary N) is 2. The Bertz CT molecular complexity index is 1190. The number of carbonyl (C=O) groups is 1. The molecule has 0 unspecified atom stereocenters. The van der Waals surface area contributed by atoms with Crippen molar-refractivity contribution in [2.24, 2.45) is 0 Å². The van der Waals surface area contributed by atoms with Gasteiger partial charge < -0.3 is 10.1 Å². The molecule has 0 saturated carbocycles. The van der Waals surface area contributed by atoms with Crippen molar-refractivity contribution in [1.29, 1.82) is 0 Å². The number of carbonyl (C=O) groups excluding carboxylic acids is 1. The summed E-state index contributed by atoms with van der Waals surface area (Å²) in [6.45, 7) is 5.71. The Morgan fingerprint density at radius 1 is 1.00 bits per heavy atom. The van der Waals surface area contributed by atoms with Gasteiger partial charge >= 0.3 is 0 Å². The third-order valence-electron chi connectivity index (χ3n) is 4.27. The van der Waals surface area contributed by atoms with Crippen molar-refractivity contribution in [3.05, 3.63) is 82.9 Å². The van der Waals surface area contributed by atoms with Gasteiger partial charge in [-0.05, 0) is 63.2 Å². The molecule has 3 aromatic carbocycles. The fourth-order valence-electron chi connectivity index (χ4n) is 2.78. The van der Waals surface area contributed by atoms with E-state index in [4.69, 9.17) is 16.3 Å². The van der Waals surface area contributed by atoms with Gasteiger partial charge in [-0.25, -0.2) is 8.42 Å². The second kappa shape index (κ2) is 9.41. The number of aryl methyl sites for hydroxylation is 1. The molecule has 0 radical (unpaired) electrons. The third-order valence-corrected chi connectivity index (χ3v) is 5.96. The van der Waals surface area contributed by atoms with E-state index in [9.17, 15) is 13.2 Å². The Labute approximate surface area is 187 Å². The topological polar surface area (TPSA) is 84.5 Å². The van der Waals surface area contributed by atoms with Crippen LogP contribution in [0.15, 0.2) is 71.6 Å². The van der Waals surface area contributed by atoms with E-state index in [2.05, 4.69) is 10.0 Å². The van der Waals surface area contributed by atoms with Crippen LogP contribution in [-0.4, -0.2) is 20.4 Å². The molecule has 0 bridgehead atoms. The summed E-state index contributed by atoms with van der Waals surface area (Å²) in [6.07, 6.45) is 0.0148. The average Bonchev–Trinajstić information content (AvgIpc) is 2.69. The van der Waals surface area contributed by atoms with Crippen molar-refractivity contribution in [3.63, 3.8) is 0 Å². The maximum absolute atomic E-state index is 12.6. The normalized spacial score (nSPS) is 11.3. The summed E-state index contributed by atoms with van der Waals surface area (Å²) < 4.78 is 33.2. The van der Waals surface area contributed by atoms with Crippen molar-refractivity contribution in [3.8, 4) is 5.75 Å². The minimum absolute atomic E-state index is 0.0148. The highest BCUT2D eigenvalue weighted by Crippen LogP contribution is 2.27. The predicted octanol–water partition coefficient (Wildman–Crippen LogP) is 5.49. The molecule has 0 aliphatic heterocycles. The van der Waals surface area contributed by atoms with Crippen molar-refractivity contribution in [2.45, 2.75) is 31.8 Å². The van der Waals surface area contributed by atoms with Gasteiger partial charge in [0, 0.05) is 17.3 Å². The van der Waals surface area contributed by atoms with Crippen LogP contribution in [0.5, 0.6) is 5.75 Å². The molecule has 31 heavy (non-hydrogen) atoms. The van der Waals surface area contributed by atoms with Crippen LogP contribution in [0.4, 0.5) is 11.4 Å².